The Balaban J connectivity index is 1.68. The topological polar surface area (TPSA) is 12.0 Å². The fraction of sp³-hybridized carbons (Fsp3) is 1.00. The van der Waals surface area contributed by atoms with Gasteiger partial charge in [0.2, 0.25) is 0 Å². The molecule has 23 heavy (non-hydrogen) atoms. The van der Waals surface area contributed by atoms with Crippen LogP contribution in [0, 0.1) is 5.92 Å². The number of hydrogen-bond donors (Lipinski definition) is 1. The standard InChI is InChI=1S/C22H45N/c1-3-4-5-6-7-8-9-10-11-12-13-14-15-16-17-18-22-21(2)19-20-23-22/h21-23H,3-20H2,1-2H3. The molecule has 0 amide bonds. The van der Waals surface area contributed by atoms with Crippen LogP contribution in [-0.2, 0) is 0 Å². The van der Waals surface area contributed by atoms with Crippen molar-refractivity contribution in [1.29, 1.82) is 0 Å². The Labute approximate surface area is 147 Å². The Morgan fingerprint density at radius 3 is 1.48 bits per heavy atom. The molecule has 0 aromatic rings. The molecule has 0 aliphatic carbocycles. The molecule has 1 nitrogen and oxygen atoms in total. The highest BCUT2D eigenvalue weighted by molar-refractivity contribution is 4.80. The van der Waals surface area contributed by atoms with E-state index in [1.54, 1.807) is 0 Å². The average Bonchev–Trinajstić information content (AvgIpc) is 2.96. The van der Waals surface area contributed by atoms with Gasteiger partial charge in [0.05, 0.1) is 0 Å². The molecule has 2 unspecified atom stereocenters. The normalized spacial score (nSPS) is 21.1. The zero-order valence-electron chi connectivity index (χ0n) is 16.4. The van der Waals surface area contributed by atoms with E-state index in [4.69, 9.17) is 0 Å². The summed E-state index contributed by atoms with van der Waals surface area (Å²) in [5.74, 6) is 0.918. The molecule has 0 bridgehead atoms. The lowest BCUT2D eigenvalue weighted by molar-refractivity contribution is 0.428. The van der Waals surface area contributed by atoms with E-state index in [9.17, 15) is 0 Å². The molecule has 1 heteroatoms. The Kier molecular flexibility index (Phi) is 14.1. The first-order chi connectivity index (χ1) is 11.3. The maximum Gasteiger partial charge on any atom is 0.00931 e. The van der Waals surface area contributed by atoms with Crippen LogP contribution in [0.15, 0.2) is 0 Å². The van der Waals surface area contributed by atoms with Crippen LogP contribution >= 0.6 is 0 Å². The molecule has 2 atom stereocenters. The Morgan fingerprint density at radius 1 is 0.652 bits per heavy atom. The van der Waals surface area contributed by atoms with Crippen molar-refractivity contribution in [2.45, 2.75) is 129 Å². The van der Waals surface area contributed by atoms with Gasteiger partial charge in [0, 0.05) is 6.04 Å². The lowest BCUT2D eigenvalue weighted by atomic mass is 9.97. The quantitative estimate of drug-likeness (QED) is 0.295. The third-order valence-electron chi connectivity index (χ3n) is 5.81. The van der Waals surface area contributed by atoms with Gasteiger partial charge in [-0.1, -0.05) is 110 Å². The van der Waals surface area contributed by atoms with Gasteiger partial charge in [-0.05, 0) is 25.3 Å². The summed E-state index contributed by atoms with van der Waals surface area (Å²) in [5.41, 5.74) is 0. The smallest absolute Gasteiger partial charge is 0.00931 e. The van der Waals surface area contributed by atoms with Gasteiger partial charge in [-0.3, -0.25) is 0 Å². The third kappa shape index (κ3) is 12.0. The minimum absolute atomic E-state index is 0.831. The maximum absolute atomic E-state index is 3.66. The van der Waals surface area contributed by atoms with Crippen LogP contribution < -0.4 is 5.32 Å². The van der Waals surface area contributed by atoms with Crippen molar-refractivity contribution in [2.75, 3.05) is 6.54 Å². The van der Waals surface area contributed by atoms with Crippen LogP contribution in [0.4, 0.5) is 0 Å². The number of nitrogens with one attached hydrogen (secondary N) is 1. The Bertz CT molecular complexity index is 238. The summed E-state index contributed by atoms with van der Waals surface area (Å²) in [7, 11) is 0. The molecule has 0 saturated carbocycles. The van der Waals surface area contributed by atoms with Gasteiger partial charge in [0.15, 0.2) is 0 Å². The molecule has 1 rings (SSSR count). The predicted molar refractivity (Wildman–Crippen MR) is 105 cm³/mol. The van der Waals surface area contributed by atoms with Crippen LogP contribution in [0.5, 0.6) is 0 Å². The van der Waals surface area contributed by atoms with Crippen LogP contribution in [0.2, 0.25) is 0 Å². The molecule has 138 valence electrons. The molecule has 1 saturated heterocycles. The second kappa shape index (κ2) is 15.5. The second-order valence-electron chi connectivity index (χ2n) is 8.06. The van der Waals surface area contributed by atoms with E-state index in [0.717, 1.165) is 12.0 Å². The summed E-state index contributed by atoms with van der Waals surface area (Å²) in [5, 5.41) is 3.66. The van der Waals surface area contributed by atoms with Crippen LogP contribution in [0.3, 0.4) is 0 Å². The first-order valence-corrected chi connectivity index (χ1v) is 11.1. The van der Waals surface area contributed by atoms with Crippen molar-refractivity contribution in [1.82, 2.24) is 5.32 Å². The van der Waals surface area contributed by atoms with E-state index >= 15 is 0 Å². The number of rotatable bonds is 16. The average molecular weight is 324 g/mol. The van der Waals surface area contributed by atoms with E-state index in [1.165, 1.54) is 116 Å². The van der Waals surface area contributed by atoms with E-state index < -0.39 is 0 Å². The van der Waals surface area contributed by atoms with Crippen molar-refractivity contribution in [3.8, 4) is 0 Å². The highest BCUT2D eigenvalue weighted by atomic mass is 14.9. The lowest BCUT2D eigenvalue weighted by Crippen LogP contribution is -2.25. The van der Waals surface area contributed by atoms with Gasteiger partial charge in [0.25, 0.3) is 0 Å². The van der Waals surface area contributed by atoms with Crippen LogP contribution in [0.25, 0.3) is 0 Å². The Hall–Kier alpha value is -0.0400. The van der Waals surface area contributed by atoms with Crippen molar-refractivity contribution in [3.63, 3.8) is 0 Å². The van der Waals surface area contributed by atoms with Gasteiger partial charge in [-0.25, -0.2) is 0 Å². The molecule has 0 aromatic carbocycles. The largest absolute Gasteiger partial charge is 0.314 e. The fourth-order valence-electron chi connectivity index (χ4n) is 4.02. The second-order valence-corrected chi connectivity index (χ2v) is 8.06. The van der Waals surface area contributed by atoms with Gasteiger partial charge in [-0.2, -0.15) is 0 Å². The molecule has 0 spiro atoms. The SMILES string of the molecule is CCCCCCCCCCCCCCCCCC1NCCC1C. The first-order valence-electron chi connectivity index (χ1n) is 11.1. The lowest BCUT2D eigenvalue weighted by Gasteiger charge is -2.14. The summed E-state index contributed by atoms with van der Waals surface area (Å²) in [4.78, 5) is 0. The molecule has 1 aliphatic heterocycles. The molecule has 1 fully saturated rings. The minimum atomic E-state index is 0.831. The van der Waals surface area contributed by atoms with E-state index in [1.807, 2.05) is 0 Å². The fourth-order valence-corrected chi connectivity index (χ4v) is 4.02. The predicted octanol–water partition coefficient (Wildman–Crippen LogP) is 7.25. The van der Waals surface area contributed by atoms with Gasteiger partial charge < -0.3 is 5.32 Å². The summed E-state index contributed by atoms with van der Waals surface area (Å²) in [6.45, 7) is 5.97. The highest BCUT2D eigenvalue weighted by Gasteiger charge is 2.21. The summed E-state index contributed by atoms with van der Waals surface area (Å²) >= 11 is 0. The highest BCUT2D eigenvalue weighted by Crippen LogP contribution is 2.20. The molecule has 1 heterocycles. The molecular formula is C22H45N. The molecule has 1 N–H and O–H groups in total. The van der Waals surface area contributed by atoms with Crippen LogP contribution in [0.1, 0.15) is 123 Å². The Morgan fingerprint density at radius 2 is 1.09 bits per heavy atom. The van der Waals surface area contributed by atoms with Crippen LogP contribution in [-0.4, -0.2) is 12.6 Å². The molecular weight excluding hydrogens is 278 g/mol. The zero-order chi connectivity index (χ0) is 16.6. The van der Waals surface area contributed by atoms with Crippen molar-refractivity contribution in [2.24, 2.45) is 5.92 Å². The monoisotopic (exact) mass is 323 g/mol. The van der Waals surface area contributed by atoms with Gasteiger partial charge in [-0.15, -0.1) is 0 Å². The van der Waals surface area contributed by atoms with E-state index in [-0.39, 0.29) is 0 Å². The first kappa shape index (κ1) is 21.0. The third-order valence-corrected chi connectivity index (χ3v) is 5.81. The summed E-state index contributed by atoms with van der Waals surface area (Å²) in [6.07, 6.45) is 24.8. The maximum atomic E-state index is 3.66. The summed E-state index contributed by atoms with van der Waals surface area (Å²) < 4.78 is 0. The molecule has 1 aliphatic rings. The van der Waals surface area contributed by atoms with E-state index in [2.05, 4.69) is 19.2 Å². The van der Waals surface area contributed by atoms with E-state index in [0.29, 0.717) is 0 Å². The molecule has 0 aromatic heterocycles. The van der Waals surface area contributed by atoms with Crippen molar-refractivity contribution >= 4 is 0 Å². The number of unbranched alkanes of at least 4 members (excludes halogenated alkanes) is 14. The van der Waals surface area contributed by atoms with Gasteiger partial charge in [0.1, 0.15) is 0 Å². The number of hydrogen-bond acceptors (Lipinski definition) is 1. The molecule has 0 radical (unpaired) electrons. The van der Waals surface area contributed by atoms with Crippen molar-refractivity contribution < 1.29 is 0 Å². The minimum Gasteiger partial charge on any atom is -0.314 e. The zero-order valence-corrected chi connectivity index (χ0v) is 16.4. The summed E-state index contributed by atoms with van der Waals surface area (Å²) in [6, 6.07) is 0.831. The van der Waals surface area contributed by atoms with Gasteiger partial charge >= 0.3 is 0 Å². The van der Waals surface area contributed by atoms with Crippen molar-refractivity contribution in [3.05, 3.63) is 0 Å².